The van der Waals surface area contributed by atoms with Crippen molar-refractivity contribution < 1.29 is 4.74 Å². The van der Waals surface area contributed by atoms with E-state index in [1.165, 1.54) is 32.4 Å². The van der Waals surface area contributed by atoms with Crippen LogP contribution in [0, 0.1) is 0 Å². The predicted octanol–water partition coefficient (Wildman–Crippen LogP) is 1.26. The molecule has 11 heavy (non-hydrogen) atoms. The molecular weight excluding hydrogens is 138 g/mol. The third kappa shape index (κ3) is 1.30. The predicted molar refractivity (Wildman–Crippen MR) is 44.6 cm³/mol. The van der Waals surface area contributed by atoms with Crippen LogP contribution in [0.4, 0.5) is 0 Å². The molecule has 0 aliphatic carbocycles. The van der Waals surface area contributed by atoms with Gasteiger partial charge >= 0.3 is 0 Å². The van der Waals surface area contributed by atoms with Gasteiger partial charge in [-0.1, -0.05) is 6.92 Å². The van der Waals surface area contributed by atoms with E-state index in [-0.39, 0.29) is 0 Å². The van der Waals surface area contributed by atoms with Crippen LogP contribution < -0.4 is 0 Å². The second-order valence-corrected chi connectivity index (χ2v) is 3.59. The van der Waals surface area contributed by atoms with E-state index in [0.717, 1.165) is 12.6 Å². The Hall–Kier alpha value is -0.0800. The maximum atomic E-state index is 5.61. The first-order valence-electron chi connectivity index (χ1n) is 4.77. The van der Waals surface area contributed by atoms with E-state index in [1.807, 2.05) is 0 Å². The molecule has 2 heterocycles. The highest BCUT2D eigenvalue weighted by molar-refractivity contribution is 4.91. The Kier molecular flexibility index (Phi) is 2.14. The van der Waals surface area contributed by atoms with Crippen molar-refractivity contribution in [2.24, 2.45) is 0 Å². The van der Waals surface area contributed by atoms with Gasteiger partial charge in [0.15, 0.2) is 0 Å². The summed E-state index contributed by atoms with van der Waals surface area (Å²) in [6.07, 6.45) is 4.40. The summed E-state index contributed by atoms with van der Waals surface area (Å²) in [7, 11) is 0. The fraction of sp³-hybridized carbons (Fsp3) is 1.00. The Morgan fingerprint density at radius 1 is 1.45 bits per heavy atom. The highest BCUT2D eigenvalue weighted by Crippen LogP contribution is 2.28. The monoisotopic (exact) mass is 155 g/mol. The molecule has 0 aromatic carbocycles. The third-order valence-electron chi connectivity index (χ3n) is 2.86. The average Bonchev–Trinajstić information content (AvgIpc) is 2.53. The van der Waals surface area contributed by atoms with E-state index in [9.17, 15) is 0 Å². The Labute approximate surface area is 68.5 Å². The molecule has 0 aromatic rings. The summed E-state index contributed by atoms with van der Waals surface area (Å²) in [6, 6.07) is 0.773. The van der Waals surface area contributed by atoms with Gasteiger partial charge in [-0.25, -0.2) is 0 Å². The minimum Gasteiger partial charge on any atom is -0.376 e. The molecule has 0 radical (unpaired) electrons. The Bertz CT molecular complexity index is 136. The van der Waals surface area contributed by atoms with Crippen LogP contribution in [0.5, 0.6) is 0 Å². The van der Waals surface area contributed by atoms with E-state index >= 15 is 0 Å². The molecule has 2 nitrogen and oxygen atoms in total. The topological polar surface area (TPSA) is 12.5 Å². The summed E-state index contributed by atoms with van der Waals surface area (Å²) in [4.78, 5) is 2.59. The zero-order valence-corrected chi connectivity index (χ0v) is 7.25. The van der Waals surface area contributed by atoms with Gasteiger partial charge in [0.25, 0.3) is 0 Å². The lowest BCUT2D eigenvalue weighted by Crippen LogP contribution is -2.32. The lowest BCUT2D eigenvalue weighted by atomic mass is 10.1. The van der Waals surface area contributed by atoms with Gasteiger partial charge in [-0.2, -0.15) is 0 Å². The number of hydrogen-bond acceptors (Lipinski definition) is 2. The van der Waals surface area contributed by atoms with E-state index in [2.05, 4.69) is 11.8 Å². The van der Waals surface area contributed by atoms with Crippen LogP contribution in [-0.4, -0.2) is 36.7 Å². The van der Waals surface area contributed by atoms with Crippen LogP contribution in [0.1, 0.15) is 26.2 Å². The van der Waals surface area contributed by atoms with E-state index in [0.29, 0.717) is 6.10 Å². The average molecular weight is 155 g/mol. The van der Waals surface area contributed by atoms with Gasteiger partial charge < -0.3 is 4.74 Å². The lowest BCUT2D eigenvalue weighted by molar-refractivity contribution is 0.105. The normalized spacial score (nSPS) is 37.9. The van der Waals surface area contributed by atoms with Crippen LogP contribution in [0.2, 0.25) is 0 Å². The first-order valence-corrected chi connectivity index (χ1v) is 4.77. The molecule has 64 valence electrons. The minimum absolute atomic E-state index is 0.585. The molecule has 0 amide bonds. The fourth-order valence-electron chi connectivity index (χ4n) is 2.35. The van der Waals surface area contributed by atoms with Crippen molar-refractivity contribution in [1.82, 2.24) is 4.90 Å². The number of nitrogens with zero attached hydrogens (tertiary/aromatic N) is 1. The lowest BCUT2D eigenvalue weighted by Gasteiger charge is -2.21. The molecule has 0 unspecified atom stereocenters. The molecule has 2 rings (SSSR count). The second kappa shape index (κ2) is 3.11. The third-order valence-corrected chi connectivity index (χ3v) is 2.86. The van der Waals surface area contributed by atoms with E-state index in [4.69, 9.17) is 4.74 Å². The number of rotatable bonds is 2. The molecule has 2 atom stereocenters. The zero-order chi connectivity index (χ0) is 7.68. The largest absolute Gasteiger partial charge is 0.376 e. The first kappa shape index (κ1) is 7.56. The van der Waals surface area contributed by atoms with Crippen molar-refractivity contribution in [3.63, 3.8) is 0 Å². The van der Waals surface area contributed by atoms with Crippen molar-refractivity contribution >= 4 is 0 Å². The van der Waals surface area contributed by atoms with Crippen LogP contribution in [-0.2, 0) is 4.74 Å². The van der Waals surface area contributed by atoms with Crippen molar-refractivity contribution in [3.05, 3.63) is 0 Å². The Morgan fingerprint density at radius 2 is 2.36 bits per heavy atom. The molecule has 0 aromatic heterocycles. The molecule has 2 aliphatic rings. The van der Waals surface area contributed by atoms with Gasteiger partial charge in [-0.3, -0.25) is 4.90 Å². The van der Waals surface area contributed by atoms with Gasteiger partial charge in [0.1, 0.15) is 0 Å². The molecule has 0 N–H and O–H groups in total. The van der Waals surface area contributed by atoms with Crippen molar-refractivity contribution in [2.75, 3.05) is 19.7 Å². The van der Waals surface area contributed by atoms with Gasteiger partial charge in [0, 0.05) is 19.2 Å². The second-order valence-electron chi connectivity index (χ2n) is 3.59. The van der Waals surface area contributed by atoms with E-state index < -0.39 is 0 Å². The fourth-order valence-corrected chi connectivity index (χ4v) is 2.35. The van der Waals surface area contributed by atoms with Gasteiger partial charge in [0.2, 0.25) is 0 Å². The van der Waals surface area contributed by atoms with E-state index in [1.54, 1.807) is 0 Å². The highest BCUT2D eigenvalue weighted by atomic mass is 16.5. The summed E-state index contributed by atoms with van der Waals surface area (Å²) in [5.74, 6) is 0. The first-order chi connectivity index (χ1) is 5.42. The number of ether oxygens (including phenoxy) is 1. The van der Waals surface area contributed by atoms with Gasteiger partial charge in [-0.15, -0.1) is 0 Å². The molecule has 0 spiro atoms. The van der Waals surface area contributed by atoms with Crippen molar-refractivity contribution in [3.8, 4) is 0 Å². The molecule has 0 bridgehead atoms. The zero-order valence-electron chi connectivity index (χ0n) is 7.25. The van der Waals surface area contributed by atoms with Gasteiger partial charge in [0.05, 0.1) is 6.10 Å². The quantitative estimate of drug-likeness (QED) is 0.595. The standard InChI is InChI=1S/C9H17NO/c1-2-5-10-6-3-9-8(10)4-7-11-9/h8-9H,2-7H2,1H3/t8-,9-/m1/s1. The molecular formula is C9H17NO. The molecule has 2 heteroatoms. The SMILES string of the molecule is CCCN1CC[C@H]2OCC[C@H]21. The van der Waals surface area contributed by atoms with Crippen LogP contribution in [0.25, 0.3) is 0 Å². The molecule has 2 saturated heterocycles. The number of hydrogen-bond donors (Lipinski definition) is 0. The van der Waals surface area contributed by atoms with Crippen molar-refractivity contribution in [2.45, 2.75) is 38.3 Å². The number of likely N-dealkylation sites (tertiary alicyclic amines) is 1. The summed E-state index contributed by atoms with van der Waals surface area (Å²) < 4.78 is 5.61. The van der Waals surface area contributed by atoms with Gasteiger partial charge in [-0.05, 0) is 25.8 Å². The smallest absolute Gasteiger partial charge is 0.0743 e. The Morgan fingerprint density at radius 3 is 3.18 bits per heavy atom. The number of fused-ring (bicyclic) bond motifs is 1. The maximum Gasteiger partial charge on any atom is 0.0743 e. The minimum atomic E-state index is 0.585. The molecule has 0 saturated carbocycles. The summed E-state index contributed by atoms with van der Waals surface area (Å²) in [5, 5.41) is 0. The molecule has 2 fully saturated rings. The highest BCUT2D eigenvalue weighted by Gasteiger charge is 2.37. The molecule has 2 aliphatic heterocycles. The summed E-state index contributed by atoms with van der Waals surface area (Å²) in [6.45, 7) is 5.78. The van der Waals surface area contributed by atoms with Crippen LogP contribution in [0.3, 0.4) is 0 Å². The summed E-state index contributed by atoms with van der Waals surface area (Å²) >= 11 is 0. The maximum absolute atomic E-state index is 5.61. The van der Waals surface area contributed by atoms with Crippen molar-refractivity contribution in [1.29, 1.82) is 0 Å². The summed E-state index contributed by atoms with van der Waals surface area (Å²) in [5.41, 5.74) is 0. The van der Waals surface area contributed by atoms with Crippen LogP contribution in [0.15, 0.2) is 0 Å². The Balaban J connectivity index is 1.92. The van der Waals surface area contributed by atoms with Crippen LogP contribution >= 0.6 is 0 Å².